The minimum absolute atomic E-state index is 0.0656. The molecule has 0 fully saturated rings. The summed E-state index contributed by atoms with van der Waals surface area (Å²) in [5.74, 6) is 1.01. The van der Waals surface area contributed by atoms with Crippen LogP contribution in [0.3, 0.4) is 0 Å². The van der Waals surface area contributed by atoms with Crippen LogP contribution in [0.25, 0.3) is 11.0 Å². The third-order valence-corrected chi connectivity index (χ3v) is 4.96. The van der Waals surface area contributed by atoms with Gasteiger partial charge in [-0.25, -0.2) is 4.98 Å². The highest BCUT2D eigenvalue weighted by atomic mass is 35.5. The number of aromatic nitrogens is 2. The van der Waals surface area contributed by atoms with Gasteiger partial charge in [-0.3, -0.25) is 0 Å². The van der Waals surface area contributed by atoms with Gasteiger partial charge < -0.3 is 4.57 Å². The zero-order valence-corrected chi connectivity index (χ0v) is 12.8. The van der Waals surface area contributed by atoms with E-state index >= 15 is 0 Å². The Kier molecular flexibility index (Phi) is 3.22. The van der Waals surface area contributed by atoms with Gasteiger partial charge in [0.25, 0.3) is 0 Å². The van der Waals surface area contributed by atoms with Crippen molar-refractivity contribution in [2.45, 2.75) is 33.7 Å². The van der Waals surface area contributed by atoms with Crippen molar-refractivity contribution in [2.24, 2.45) is 17.8 Å². The van der Waals surface area contributed by atoms with Gasteiger partial charge in [0.15, 0.2) is 0 Å². The Morgan fingerprint density at radius 2 is 2.25 bits per heavy atom. The van der Waals surface area contributed by atoms with Crippen LogP contribution >= 0.6 is 11.6 Å². The Morgan fingerprint density at radius 3 is 2.90 bits per heavy atom. The fourth-order valence-corrected chi connectivity index (χ4v) is 3.43. The predicted molar refractivity (Wildman–Crippen MR) is 80.6 cm³/mol. The van der Waals surface area contributed by atoms with Gasteiger partial charge >= 0.3 is 0 Å². The lowest BCUT2D eigenvalue weighted by atomic mass is 9.79. The first kappa shape index (κ1) is 13.5. The van der Waals surface area contributed by atoms with Gasteiger partial charge in [-0.2, -0.15) is 5.26 Å². The summed E-state index contributed by atoms with van der Waals surface area (Å²) in [7, 11) is 0. The Bertz CT molecular complexity index is 709. The second-order valence-electron chi connectivity index (χ2n) is 6.06. The van der Waals surface area contributed by atoms with Crippen LogP contribution in [-0.2, 0) is 13.0 Å². The first-order valence-electron chi connectivity index (χ1n) is 7.05. The summed E-state index contributed by atoms with van der Waals surface area (Å²) < 4.78 is 2.20. The molecule has 2 unspecified atom stereocenters. The van der Waals surface area contributed by atoms with Gasteiger partial charge in [0.2, 0.25) is 0 Å². The molecule has 2 aromatic heterocycles. The van der Waals surface area contributed by atoms with E-state index in [1.54, 1.807) is 6.20 Å². The maximum Gasteiger partial charge on any atom is 0.140 e. The van der Waals surface area contributed by atoms with Gasteiger partial charge in [0.1, 0.15) is 5.65 Å². The molecule has 3 rings (SSSR count). The number of pyridine rings is 1. The fraction of sp³-hybridized carbons (Fsp3) is 0.500. The van der Waals surface area contributed by atoms with E-state index in [-0.39, 0.29) is 5.92 Å². The van der Waals surface area contributed by atoms with Crippen LogP contribution in [0.1, 0.15) is 25.1 Å². The zero-order chi connectivity index (χ0) is 14.4. The van der Waals surface area contributed by atoms with E-state index in [2.05, 4.69) is 35.5 Å². The summed E-state index contributed by atoms with van der Waals surface area (Å²) >= 11 is 6.16. The van der Waals surface area contributed by atoms with Gasteiger partial charge in [-0.15, -0.1) is 0 Å². The Labute approximate surface area is 124 Å². The second-order valence-corrected chi connectivity index (χ2v) is 6.47. The molecule has 0 spiro atoms. The van der Waals surface area contributed by atoms with Crippen LogP contribution < -0.4 is 0 Å². The number of nitrogens with zero attached hydrogens (tertiary/aromatic N) is 3. The molecule has 20 heavy (non-hydrogen) atoms. The number of fused-ring (bicyclic) bond motifs is 3. The van der Waals surface area contributed by atoms with Gasteiger partial charge in [0.05, 0.1) is 17.0 Å². The lowest BCUT2D eigenvalue weighted by Gasteiger charge is -2.31. The monoisotopic (exact) mass is 287 g/mol. The van der Waals surface area contributed by atoms with Crippen molar-refractivity contribution >= 4 is 22.6 Å². The number of aryl methyl sites for hydroxylation is 1. The molecular weight excluding hydrogens is 270 g/mol. The second kappa shape index (κ2) is 4.79. The molecule has 3 nitrogen and oxygen atoms in total. The molecule has 2 atom stereocenters. The summed E-state index contributed by atoms with van der Waals surface area (Å²) in [4.78, 5) is 4.48. The smallest absolute Gasteiger partial charge is 0.140 e. The SMILES string of the molecule is Cc1c(Cl)cnc2c1cc1n2CC(C#N)C(C(C)C)C1. The molecular formula is C16H18ClN3. The van der Waals surface area contributed by atoms with E-state index in [0.29, 0.717) is 16.9 Å². The summed E-state index contributed by atoms with van der Waals surface area (Å²) in [6.07, 6.45) is 2.66. The molecule has 0 bridgehead atoms. The first-order chi connectivity index (χ1) is 9.52. The molecule has 0 radical (unpaired) electrons. The quantitative estimate of drug-likeness (QED) is 0.796. The molecule has 4 heteroatoms. The lowest BCUT2D eigenvalue weighted by molar-refractivity contribution is 0.245. The van der Waals surface area contributed by atoms with Crippen LogP contribution in [0, 0.1) is 36.0 Å². The molecule has 104 valence electrons. The van der Waals surface area contributed by atoms with Crippen molar-refractivity contribution in [3.63, 3.8) is 0 Å². The van der Waals surface area contributed by atoms with E-state index in [0.717, 1.165) is 29.6 Å². The van der Waals surface area contributed by atoms with Gasteiger partial charge in [0, 0.05) is 23.8 Å². The number of halogens is 1. The molecule has 0 aliphatic carbocycles. The fourth-order valence-electron chi connectivity index (χ4n) is 3.27. The van der Waals surface area contributed by atoms with Crippen molar-refractivity contribution in [3.8, 4) is 6.07 Å². The van der Waals surface area contributed by atoms with Crippen molar-refractivity contribution < 1.29 is 0 Å². The molecule has 1 aliphatic heterocycles. The van der Waals surface area contributed by atoms with Crippen LogP contribution in [0.15, 0.2) is 12.3 Å². The molecule has 0 amide bonds. The summed E-state index contributed by atoms with van der Waals surface area (Å²) in [5, 5.41) is 11.3. The maximum atomic E-state index is 9.44. The number of hydrogen-bond acceptors (Lipinski definition) is 2. The molecule has 3 heterocycles. The Morgan fingerprint density at radius 1 is 1.50 bits per heavy atom. The van der Waals surface area contributed by atoms with Crippen LogP contribution in [0.2, 0.25) is 5.02 Å². The molecule has 0 saturated carbocycles. The highest BCUT2D eigenvalue weighted by Crippen LogP contribution is 2.36. The van der Waals surface area contributed by atoms with Gasteiger partial charge in [-0.05, 0) is 36.8 Å². The van der Waals surface area contributed by atoms with Crippen molar-refractivity contribution in [2.75, 3.05) is 0 Å². The van der Waals surface area contributed by atoms with E-state index in [1.807, 2.05) is 6.92 Å². The van der Waals surface area contributed by atoms with E-state index in [1.165, 1.54) is 5.69 Å². The Balaban J connectivity index is 2.16. The number of rotatable bonds is 1. The van der Waals surface area contributed by atoms with E-state index in [9.17, 15) is 5.26 Å². The topological polar surface area (TPSA) is 41.6 Å². The van der Waals surface area contributed by atoms with Crippen molar-refractivity contribution in [1.29, 1.82) is 5.26 Å². The lowest BCUT2D eigenvalue weighted by Crippen LogP contribution is -2.31. The van der Waals surface area contributed by atoms with Crippen LogP contribution in [0.4, 0.5) is 0 Å². The molecule has 0 aromatic carbocycles. The highest BCUT2D eigenvalue weighted by Gasteiger charge is 2.32. The summed E-state index contributed by atoms with van der Waals surface area (Å²) in [5.41, 5.74) is 3.32. The standard InChI is InChI=1S/C16H18ClN3/c1-9(2)13-4-12-5-14-10(3)15(17)7-19-16(14)20(12)8-11(13)6-18/h5,7,9,11,13H,4,8H2,1-3H3. The Hall–Kier alpha value is -1.53. The molecule has 0 N–H and O–H groups in total. The van der Waals surface area contributed by atoms with Crippen molar-refractivity contribution in [1.82, 2.24) is 9.55 Å². The first-order valence-corrected chi connectivity index (χ1v) is 7.43. The predicted octanol–water partition coefficient (Wildman–Crippen LogP) is 3.97. The van der Waals surface area contributed by atoms with Crippen LogP contribution in [-0.4, -0.2) is 9.55 Å². The summed E-state index contributed by atoms with van der Waals surface area (Å²) in [6.45, 7) is 7.17. The molecule has 1 aliphatic rings. The van der Waals surface area contributed by atoms with Gasteiger partial charge in [-0.1, -0.05) is 25.4 Å². The maximum absolute atomic E-state index is 9.44. The third-order valence-electron chi connectivity index (χ3n) is 4.58. The number of nitriles is 1. The molecule has 0 saturated heterocycles. The van der Waals surface area contributed by atoms with Crippen LogP contribution in [0.5, 0.6) is 0 Å². The highest BCUT2D eigenvalue weighted by molar-refractivity contribution is 6.32. The average Bonchev–Trinajstić information content (AvgIpc) is 2.79. The number of hydrogen-bond donors (Lipinski definition) is 0. The largest absolute Gasteiger partial charge is 0.328 e. The normalized spacial score (nSPS) is 22.0. The van der Waals surface area contributed by atoms with E-state index < -0.39 is 0 Å². The minimum atomic E-state index is 0.0656. The average molecular weight is 288 g/mol. The zero-order valence-electron chi connectivity index (χ0n) is 12.0. The summed E-state index contributed by atoms with van der Waals surface area (Å²) in [6, 6.07) is 4.68. The van der Waals surface area contributed by atoms with E-state index in [4.69, 9.17) is 11.6 Å². The molecule has 2 aromatic rings. The van der Waals surface area contributed by atoms with Crippen molar-refractivity contribution in [3.05, 3.63) is 28.5 Å². The third kappa shape index (κ3) is 1.91. The minimum Gasteiger partial charge on any atom is -0.328 e.